The van der Waals surface area contributed by atoms with E-state index in [1.54, 1.807) is 11.3 Å². The first-order valence-electron chi connectivity index (χ1n) is 5.96. The van der Waals surface area contributed by atoms with E-state index in [1.165, 1.54) is 21.2 Å². The molecule has 3 aromatic rings. The molecule has 0 aliphatic rings. The fourth-order valence-electron chi connectivity index (χ4n) is 2.21. The van der Waals surface area contributed by atoms with Crippen LogP contribution in [0.2, 0.25) is 0 Å². The van der Waals surface area contributed by atoms with Crippen LogP contribution in [0.5, 0.6) is 0 Å². The quantitative estimate of drug-likeness (QED) is 0.755. The number of fused-ring (bicyclic) bond motifs is 1. The lowest BCUT2D eigenvalue weighted by Gasteiger charge is -1.99. The van der Waals surface area contributed by atoms with Crippen molar-refractivity contribution in [1.82, 2.24) is 15.5 Å². The van der Waals surface area contributed by atoms with E-state index in [0.29, 0.717) is 0 Å². The van der Waals surface area contributed by atoms with Crippen LogP contribution in [0.25, 0.3) is 21.3 Å². The highest BCUT2D eigenvalue weighted by Crippen LogP contribution is 2.34. The second kappa shape index (κ2) is 4.55. The minimum Gasteiger partial charge on any atom is -0.314 e. The SMILES string of the molecule is CNCc1[nH]nc(-c2csc3ccccc23)c1C. The Kier molecular flexibility index (Phi) is 2.89. The van der Waals surface area contributed by atoms with Gasteiger partial charge in [0.05, 0.1) is 11.4 Å². The molecule has 18 heavy (non-hydrogen) atoms. The van der Waals surface area contributed by atoms with E-state index in [9.17, 15) is 0 Å². The van der Waals surface area contributed by atoms with E-state index in [4.69, 9.17) is 0 Å². The molecule has 0 unspecified atom stereocenters. The maximum Gasteiger partial charge on any atom is 0.0967 e. The van der Waals surface area contributed by atoms with Gasteiger partial charge in [-0.3, -0.25) is 5.10 Å². The zero-order chi connectivity index (χ0) is 12.5. The monoisotopic (exact) mass is 257 g/mol. The van der Waals surface area contributed by atoms with Gasteiger partial charge in [0.25, 0.3) is 0 Å². The highest BCUT2D eigenvalue weighted by Gasteiger charge is 2.13. The number of nitrogens with one attached hydrogen (secondary N) is 2. The van der Waals surface area contributed by atoms with Crippen molar-refractivity contribution in [3.8, 4) is 11.3 Å². The van der Waals surface area contributed by atoms with Crippen LogP contribution in [-0.2, 0) is 6.54 Å². The number of benzene rings is 1. The second-order valence-corrected chi connectivity index (χ2v) is 5.26. The van der Waals surface area contributed by atoms with Gasteiger partial charge >= 0.3 is 0 Å². The predicted molar refractivity (Wildman–Crippen MR) is 76.9 cm³/mol. The predicted octanol–water partition coefficient (Wildman–Crippen LogP) is 3.32. The number of hydrogen-bond acceptors (Lipinski definition) is 3. The van der Waals surface area contributed by atoms with E-state index < -0.39 is 0 Å². The molecule has 2 N–H and O–H groups in total. The maximum atomic E-state index is 4.47. The fourth-order valence-corrected chi connectivity index (χ4v) is 3.15. The molecule has 3 nitrogen and oxygen atoms in total. The molecular formula is C14H15N3S. The highest BCUT2D eigenvalue weighted by molar-refractivity contribution is 7.17. The van der Waals surface area contributed by atoms with E-state index in [2.05, 4.69) is 52.1 Å². The van der Waals surface area contributed by atoms with E-state index in [0.717, 1.165) is 17.9 Å². The van der Waals surface area contributed by atoms with Crippen molar-refractivity contribution in [3.63, 3.8) is 0 Å². The number of thiophene rings is 1. The van der Waals surface area contributed by atoms with Crippen molar-refractivity contribution in [2.75, 3.05) is 7.05 Å². The lowest BCUT2D eigenvalue weighted by atomic mass is 10.1. The smallest absolute Gasteiger partial charge is 0.0967 e. The fraction of sp³-hybridized carbons (Fsp3) is 0.214. The maximum absolute atomic E-state index is 4.47. The third-order valence-electron chi connectivity index (χ3n) is 3.20. The Bertz CT molecular complexity index is 681. The molecule has 0 amide bonds. The second-order valence-electron chi connectivity index (χ2n) is 4.35. The molecule has 3 rings (SSSR count). The van der Waals surface area contributed by atoms with Crippen LogP contribution in [-0.4, -0.2) is 17.2 Å². The Hall–Kier alpha value is -1.65. The van der Waals surface area contributed by atoms with Gasteiger partial charge < -0.3 is 5.32 Å². The summed E-state index contributed by atoms with van der Waals surface area (Å²) in [6, 6.07) is 8.47. The summed E-state index contributed by atoms with van der Waals surface area (Å²) in [5, 5.41) is 14.2. The van der Waals surface area contributed by atoms with Crippen molar-refractivity contribution in [1.29, 1.82) is 0 Å². The van der Waals surface area contributed by atoms with Gasteiger partial charge in [0.2, 0.25) is 0 Å². The van der Waals surface area contributed by atoms with Crippen molar-refractivity contribution in [2.24, 2.45) is 0 Å². The van der Waals surface area contributed by atoms with Crippen molar-refractivity contribution >= 4 is 21.4 Å². The molecule has 0 fully saturated rings. The number of H-pyrrole nitrogens is 1. The van der Waals surface area contributed by atoms with Crippen LogP contribution in [0.3, 0.4) is 0 Å². The molecule has 0 saturated carbocycles. The molecule has 0 spiro atoms. The van der Waals surface area contributed by atoms with E-state index >= 15 is 0 Å². The average molecular weight is 257 g/mol. The Morgan fingerprint density at radius 3 is 3.00 bits per heavy atom. The van der Waals surface area contributed by atoms with Gasteiger partial charge in [0.15, 0.2) is 0 Å². The summed E-state index contributed by atoms with van der Waals surface area (Å²) in [7, 11) is 1.94. The Labute approximate surface area is 110 Å². The van der Waals surface area contributed by atoms with E-state index in [-0.39, 0.29) is 0 Å². The van der Waals surface area contributed by atoms with Gasteiger partial charge in [-0.25, -0.2) is 0 Å². The molecule has 0 radical (unpaired) electrons. The Morgan fingerprint density at radius 2 is 2.17 bits per heavy atom. The number of nitrogens with zero attached hydrogens (tertiary/aromatic N) is 1. The molecule has 0 aliphatic carbocycles. The number of hydrogen-bond donors (Lipinski definition) is 2. The standard InChI is InChI=1S/C14H15N3S/c1-9-12(7-15-2)16-17-14(9)11-8-18-13-6-4-3-5-10(11)13/h3-6,8,15H,7H2,1-2H3,(H,16,17). The average Bonchev–Trinajstić information content (AvgIpc) is 2.95. The van der Waals surface area contributed by atoms with Crippen molar-refractivity contribution < 1.29 is 0 Å². The number of aromatic nitrogens is 2. The van der Waals surface area contributed by atoms with Crippen LogP contribution in [0.4, 0.5) is 0 Å². The molecular weight excluding hydrogens is 242 g/mol. The van der Waals surface area contributed by atoms with Gasteiger partial charge in [0, 0.05) is 27.6 Å². The van der Waals surface area contributed by atoms with Gasteiger partial charge in [-0.2, -0.15) is 5.10 Å². The molecule has 2 aromatic heterocycles. The third-order valence-corrected chi connectivity index (χ3v) is 4.16. The molecule has 0 aliphatic heterocycles. The summed E-state index contributed by atoms with van der Waals surface area (Å²) in [5.74, 6) is 0. The van der Waals surface area contributed by atoms with Crippen molar-refractivity contribution in [2.45, 2.75) is 13.5 Å². The lowest BCUT2D eigenvalue weighted by molar-refractivity contribution is 0.779. The normalized spacial score (nSPS) is 11.2. The summed E-state index contributed by atoms with van der Waals surface area (Å²) >= 11 is 1.77. The molecule has 0 atom stereocenters. The topological polar surface area (TPSA) is 40.7 Å². The molecule has 4 heteroatoms. The van der Waals surface area contributed by atoms with Crippen LogP contribution < -0.4 is 5.32 Å². The van der Waals surface area contributed by atoms with Gasteiger partial charge in [0.1, 0.15) is 0 Å². The number of rotatable bonds is 3. The third kappa shape index (κ3) is 1.74. The summed E-state index contributed by atoms with van der Waals surface area (Å²) in [5.41, 5.74) is 4.68. The highest BCUT2D eigenvalue weighted by atomic mass is 32.1. The van der Waals surface area contributed by atoms with Crippen LogP contribution in [0.15, 0.2) is 29.6 Å². The largest absolute Gasteiger partial charge is 0.314 e. The van der Waals surface area contributed by atoms with Gasteiger partial charge in [-0.05, 0) is 25.6 Å². The van der Waals surface area contributed by atoms with Gasteiger partial charge in [-0.1, -0.05) is 18.2 Å². The zero-order valence-corrected chi connectivity index (χ0v) is 11.3. The van der Waals surface area contributed by atoms with Gasteiger partial charge in [-0.15, -0.1) is 11.3 Å². The first-order valence-corrected chi connectivity index (χ1v) is 6.84. The number of aromatic amines is 1. The molecule has 1 aromatic carbocycles. The molecule has 0 saturated heterocycles. The summed E-state index contributed by atoms with van der Waals surface area (Å²) in [4.78, 5) is 0. The summed E-state index contributed by atoms with van der Waals surface area (Å²) in [6.07, 6.45) is 0. The summed E-state index contributed by atoms with van der Waals surface area (Å²) in [6.45, 7) is 2.94. The van der Waals surface area contributed by atoms with Crippen molar-refractivity contribution in [3.05, 3.63) is 40.9 Å². The van der Waals surface area contributed by atoms with E-state index in [1.807, 2.05) is 7.05 Å². The minimum atomic E-state index is 0.820. The molecule has 92 valence electrons. The zero-order valence-electron chi connectivity index (χ0n) is 10.4. The summed E-state index contributed by atoms with van der Waals surface area (Å²) < 4.78 is 1.31. The first-order chi connectivity index (χ1) is 8.81. The Balaban J connectivity index is 2.15. The lowest BCUT2D eigenvalue weighted by Crippen LogP contribution is -2.06. The molecule has 2 heterocycles. The van der Waals surface area contributed by atoms with Crippen LogP contribution >= 0.6 is 11.3 Å². The molecule has 0 bridgehead atoms. The first kappa shape index (κ1) is 11.4. The minimum absolute atomic E-state index is 0.820. The Morgan fingerprint density at radius 1 is 1.33 bits per heavy atom. The van der Waals surface area contributed by atoms with Crippen LogP contribution in [0, 0.1) is 6.92 Å². The van der Waals surface area contributed by atoms with Crippen LogP contribution in [0.1, 0.15) is 11.3 Å².